The molecular weight excluding hydrogens is 224 g/mol. The third-order valence-corrected chi connectivity index (χ3v) is 2.75. The number of benzene rings is 2. The zero-order chi connectivity index (χ0) is 10.7. The van der Waals surface area contributed by atoms with Crippen molar-refractivity contribution in [3.8, 4) is 11.1 Å². The van der Waals surface area contributed by atoms with Crippen LogP contribution in [0.15, 0.2) is 48.5 Å². The van der Waals surface area contributed by atoms with Gasteiger partial charge in [-0.25, -0.2) is 0 Å². The highest BCUT2D eigenvalue weighted by atomic mass is 35.5. The first kappa shape index (κ1) is 10.3. The minimum absolute atomic E-state index is 0.749. The Hall–Kier alpha value is -1.18. The van der Waals surface area contributed by atoms with Gasteiger partial charge in [0.2, 0.25) is 0 Å². The van der Waals surface area contributed by atoms with Gasteiger partial charge in [0.25, 0.3) is 0 Å². The molecular formula is C13H9ClS. The van der Waals surface area contributed by atoms with Crippen LogP contribution in [0.2, 0.25) is 5.02 Å². The molecule has 0 aliphatic rings. The molecule has 0 aromatic heterocycles. The van der Waals surface area contributed by atoms with Crippen LogP contribution < -0.4 is 0 Å². The third kappa shape index (κ3) is 2.25. The van der Waals surface area contributed by atoms with Crippen LogP contribution in [0.4, 0.5) is 0 Å². The fourth-order valence-electron chi connectivity index (χ4n) is 1.49. The van der Waals surface area contributed by atoms with Crippen LogP contribution in [0, 0.1) is 0 Å². The molecule has 0 spiro atoms. The van der Waals surface area contributed by atoms with Crippen molar-refractivity contribution in [1.29, 1.82) is 0 Å². The zero-order valence-electron chi connectivity index (χ0n) is 7.98. The minimum Gasteiger partial charge on any atom is -0.0881 e. The lowest BCUT2D eigenvalue weighted by Crippen LogP contribution is -1.85. The topological polar surface area (TPSA) is 0 Å². The Morgan fingerprint density at radius 1 is 0.933 bits per heavy atom. The van der Waals surface area contributed by atoms with Crippen molar-refractivity contribution >= 4 is 29.2 Å². The zero-order valence-corrected chi connectivity index (χ0v) is 9.55. The molecule has 0 fully saturated rings. The summed E-state index contributed by atoms with van der Waals surface area (Å²) in [5.74, 6) is 0. The number of hydrogen-bond acceptors (Lipinski definition) is 1. The fourth-order valence-corrected chi connectivity index (χ4v) is 1.82. The molecule has 0 aliphatic heterocycles. The van der Waals surface area contributed by atoms with E-state index in [1.165, 1.54) is 0 Å². The Morgan fingerprint density at radius 3 is 2.27 bits per heavy atom. The molecule has 2 aromatic carbocycles. The first-order valence-electron chi connectivity index (χ1n) is 4.61. The first-order valence-corrected chi connectivity index (χ1v) is 5.46. The summed E-state index contributed by atoms with van der Waals surface area (Å²) in [5, 5.41) is 2.45. The number of thiocarbonyl (C=S) groups is 1. The molecule has 0 nitrogen and oxygen atoms in total. The van der Waals surface area contributed by atoms with Crippen LogP contribution in [-0.2, 0) is 0 Å². The summed E-state index contributed by atoms with van der Waals surface area (Å²) < 4.78 is 0. The summed E-state index contributed by atoms with van der Waals surface area (Å²) in [5.41, 5.74) is 3.34. The summed E-state index contributed by atoms with van der Waals surface area (Å²) in [6.07, 6.45) is 0. The molecule has 2 heteroatoms. The summed E-state index contributed by atoms with van der Waals surface area (Å²) in [4.78, 5) is 0. The maximum absolute atomic E-state index is 5.84. The fraction of sp³-hybridized carbons (Fsp3) is 0. The van der Waals surface area contributed by atoms with Gasteiger partial charge >= 0.3 is 0 Å². The van der Waals surface area contributed by atoms with E-state index in [0.29, 0.717) is 0 Å². The maximum Gasteiger partial charge on any atom is 0.0406 e. The predicted molar refractivity (Wildman–Crippen MR) is 69.6 cm³/mol. The van der Waals surface area contributed by atoms with Crippen molar-refractivity contribution in [2.45, 2.75) is 0 Å². The molecule has 0 N–H and O–H groups in total. The van der Waals surface area contributed by atoms with Crippen LogP contribution in [0.25, 0.3) is 11.1 Å². The Balaban J connectivity index is 2.53. The van der Waals surface area contributed by atoms with Crippen molar-refractivity contribution in [3.05, 3.63) is 59.1 Å². The van der Waals surface area contributed by atoms with E-state index < -0.39 is 0 Å². The second-order valence-corrected chi connectivity index (χ2v) is 3.88. The predicted octanol–water partition coefficient (Wildman–Crippen LogP) is 4.35. The smallest absolute Gasteiger partial charge is 0.0406 e. The van der Waals surface area contributed by atoms with Crippen molar-refractivity contribution in [3.63, 3.8) is 0 Å². The molecule has 2 aromatic rings. The molecule has 0 radical (unpaired) electrons. The van der Waals surface area contributed by atoms with Crippen LogP contribution >= 0.6 is 23.8 Å². The molecule has 0 bridgehead atoms. The van der Waals surface area contributed by atoms with Gasteiger partial charge in [0, 0.05) is 10.4 Å². The van der Waals surface area contributed by atoms with E-state index in [1.54, 1.807) is 5.37 Å². The van der Waals surface area contributed by atoms with E-state index in [-0.39, 0.29) is 0 Å². The standard InChI is InChI=1S/C13H9ClS/c14-12-7-5-10(6-8-12)13-4-2-1-3-11(13)9-15/h1-9H. The highest BCUT2D eigenvalue weighted by Crippen LogP contribution is 2.24. The summed E-state index contributed by atoms with van der Waals surface area (Å²) >= 11 is 10.8. The quantitative estimate of drug-likeness (QED) is 0.694. The molecule has 74 valence electrons. The second kappa shape index (κ2) is 4.56. The highest BCUT2D eigenvalue weighted by molar-refractivity contribution is 7.79. The van der Waals surface area contributed by atoms with Crippen LogP contribution in [-0.4, -0.2) is 5.37 Å². The molecule has 0 aliphatic carbocycles. The Bertz CT molecular complexity index is 474. The number of hydrogen-bond donors (Lipinski definition) is 0. The van der Waals surface area contributed by atoms with Gasteiger partial charge in [-0.2, -0.15) is 0 Å². The lowest BCUT2D eigenvalue weighted by atomic mass is 10.0. The van der Waals surface area contributed by atoms with Gasteiger partial charge in [-0.1, -0.05) is 60.2 Å². The molecule has 0 amide bonds. The van der Waals surface area contributed by atoms with Gasteiger partial charge in [-0.05, 0) is 28.8 Å². The monoisotopic (exact) mass is 232 g/mol. The molecule has 15 heavy (non-hydrogen) atoms. The SMILES string of the molecule is S=Cc1ccccc1-c1ccc(Cl)cc1. The van der Waals surface area contributed by atoms with E-state index >= 15 is 0 Å². The van der Waals surface area contributed by atoms with Gasteiger partial charge in [0.15, 0.2) is 0 Å². The van der Waals surface area contributed by atoms with Crippen LogP contribution in [0.3, 0.4) is 0 Å². The van der Waals surface area contributed by atoms with E-state index in [1.807, 2.05) is 42.5 Å². The summed E-state index contributed by atoms with van der Waals surface area (Å²) in [6, 6.07) is 15.8. The molecule has 0 saturated heterocycles. The van der Waals surface area contributed by atoms with Crippen LogP contribution in [0.1, 0.15) is 5.56 Å². The molecule has 0 unspecified atom stereocenters. The molecule has 0 heterocycles. The third-order valence-electron chi connectivity index (χ3n) is 2.24. The second-order valence-electron chi connectivity index (χ2n) is 3.21. The van der Waals surface area contributed by atoms with Crippen molar-refractivity contribution in [1.82, 2.24) is 0 Å². The normalized spacial score (nSPS) is 9.93. The minimum atomic E-state index is 0.749. The molecule has 2 rings (SSSR count). The number of halogens is 1. The average Bonchev–Trinajstić information content (AvgIpc) is 2.30. The Kier molecular flexibility index (Phi) is 3.14. The first-order chi connectivity index (χ1) is 7.31. The van der Waals surface area contributed by atoms with E-state index in [4.69, 9.17) is 23.8 Å². The maximum atomic E-state index is 5.84. The lowest BCUT2D eigenvalue weighted by Gasteiger charge is -2.05. The van der Waals surface area contributed by atoms with Gasteiger partial charge < -0.3 is 0 Å². The summed E-state index contributed by atoms with van der Waals surface area (Å²) in [7, 11) is 0. The van der Waals surface area contributed by atoms with Gasteiger partial charge in [-0.3, -0.25) is 0 Å². The summed E-state index contributed by atoms with van der Waals surface area (Å²) in [6.45, 7) is 0. The largest absolute Gasteiger partial charge is 0.0881 e. The van der Waals surface area contributed by atoms with Crippen molar-refractivity contribution in [2.75, 3.05) is 0 Å². The lowest BCUT2D eigenvalue weighted by molar-refractivity contribution is 1.60. The van der Waals surface area contributed by atoms with E-state index in [9.17, 15) is 0 Å². The Morgan fingerprint density at radius 2 is 1.60 bits per heavy atom. The van der Waals surface area contributed by atoms with Crippen LogP contribution in [0.5, 0.6) is 0 Å². The number of rotatable bonds is 2. The van der Waals surface area contributed by atoms with Gasteiger partial charge in [-0.15, -0.1) is 0 Å². The highest BCUT2D eigenvalue weighted by Gasteiger charge is 2.01. The van der Waals surface area contributed by atoms with E-state index in [0.717, 1.165) is 21.7 Å². The van der Waals surface area contributed by atoms with Gasteiger partial charge in [0.1, 0.15) is 0 Å². The van der Waals surface area contributed by atoms with Gasteiger partial charge in [0.05, 0.1) is 0 Å². The van der Waals surface area contributed by atoms with E-state index in [2.05, 4.69) is 6.07 Å². The van der Waals surface area contributed by atoms with Crippen molar-refractivity contribution < 1.29 is 0 Å². The Labute approximate surface area is 99.5 Å². The molecule has 0 saturated carbocycles. The molecule has 0 atom stereocenters. The van der Waals surface area contributed by atoms with Crippen molar-refractivity contribution in [2.24, 2.45) is 0 Å². The average molecular weight is 233 g/mol.